The summed E-state index contributed by atoms with van der Waals surface area (Å²) in [5.41, 5.74) is 0. The van der Waals surface area contributed by atoms with Crippen LogP contribution in [-0.2, 0) is 0 Å². The van der Waals surface area contributed by atoms with Crippen molar-refractivity contribution in [2.45, 2.75) is 32.6 Å². The maximum atomic E-state index is 4.54. The third-order valence-corrected chi connectivity index (χ3v) is 2.85. The van der Waals surface area contributed by atoms with Gasteiger partial charge in [-0.1, -0.05) is 6.92 Å². The van der Waals surface area contributed by atoms with Gasteiger partial charge in [0.1, 0.15) is 5.82 Å². The molecule has 1 aromatic rings. The van der Waals surface area contributed by atoms with E-state index in [2.05, 4.69) is 27.1 Å². The van der Waals surface area contributed by atoms with Crippen LogP contribution in [0.1, 0.15) is 32.6 Å². The van der Waals surface area contributed by atoms with Crippen LogP contribution < -0.4 is 10.2 Å². The maximum Gasteiger partial charge on any atom is 0.224 e. The lowest BCUT2D eigenvalue weighted by molar-refractivity contribution is 0.573. The van der Waals surface area contributed by atoms with Crippen molar-refractivity contribution in [3.63, 3.8) is 0 Å². The molecule has 1 aliphatic heterocycles. The minimum atomic E-state index is 0.755. The molecule has 1 N–H and O–H groups in total. The van der Waals surface area contributed by atoms with Gasteiger partial charge in [0.25, 0.3) is 0 Å². The Kier molecular flexibility index (Phi) is 3.97. The van der Waals surface area contributed by atoms with Gasteiger partial charge in [-0.05, 0) is 31.7 Å². The first-order chi connectivity index (χ1) is 7.90. The number of nitrogens with zero attached hydrogens (tertiary/aromatic N) is 3. The summed E-state index contributed by atoms with van der Waals surface area (Å²) in [5.74, 6) is 1.82. The van der Waals surface area contributed by atoms with E-state index in [-0.39, 0.29) is 0 Å². The molecule has 88 valence electrons. The van der Waals surface area contributed by atoms with E-state index in [0.717, 1.165) is 37.8 Å². The predicted molar refractivity (Wildman–Crippen MR) is 66.9 cm³/mol. The van der Waals surface area contributed by atoms with Gasteiger partial charge in [-0.3, -0.25) is 0 Å². The molecule has 4 heteroatoms. The van der Waals surface area contributed by atoms with Gasteiger partial charge in [0.15, 0.2) is 0 Å². The molecule has 1 aromatic heterocycles. The van der Waals surface area contributed by atoms with Crippen LogP contribution in [0.25, 0.3) is 0 Å². The average molecular weight is 220 g/mol. The van der Waals surface area contributed by atoms with Crippen LogP contribution in [-0.4, -0.2) is 29.6 Å². The Bertz CT molecular complexity index is 321. The molecule has 1 aliphatic rings. The highest BCUT2D eigenvalue weighted by Gasteiger charge is 2.12. The standard InChI is InChI=1S/C12H20N4/c1-2-7-13-12-14-8-6-11(15-12)16-9-4-3-5-10-16/h6,8H,2-5,7,9-10H2,1H3,(H,13,14,15). The van der Waals surface area contributed by atoms with Crippen molar-refractivity contribution in [1.29, 1.82) is 0 Å². The molecule has 2 heterocycles. The van der Waals surface area contributed by atoms with Gasteiger partial charge in [-0.2, -0.15) is 4.98 Å². The molecular weight excluding hydrogens is 200 g/mol. The monoisotopic (exact) mass is 220 g/mol. The van der Waals surface area contributed by atoms with Crippen molar-refractivity contribution >= 4 is 11.8 Å². The van der Waals surface area contributed by atoms with Crippen molar-refractivity contribution in [2.24, 2.45) is 0 Å². The summed E-state index contributed by atoms with van der Waals surface area (Å²) in [6.07, 6.45) is 6.85. The highest BCUT2D eigenvalue weighted by atomic mass is 15.2. The van der Waals surface area contributed by atoms with E-state index in [1.807, 2.05) is 12.3 Å². The lowest BCUT2D eigenvalue weighted by Crippen LogP contribution is -2.30. The summed E-state index contributed by atoms with van der Waals surface area (Å²) < 4.78 is 0. The van der Waals surface area contributed by atoms with Gasteiger partial charge < -0.3 is 10.2 Å². The molecule has 4 nitrogen and oxygen atoms in total. The SMILES string of the molecule is CCCNc1nccc(N2CCCCC2)n1. The molecule has 0 aromatic carbocycles. The number of hydrogen-bond acceptors (Lipinski definition) is 4. The van der Waals surface area contributed by atoms with Crippen LogP contribution in [0.4, 0.5) is 11.8 Å². The van der Waals surface area contributed by atoms with E-state index in [1.54, 1.807) is 0 Å². The van der Waals surface area contributed by atoms with Crippen molar-refractivity contribution < 1.29 is 0 Å². The Morgan fingerprint density at radius 2 is 2.12 bits per heavy atom. The van der Waals surface area contributed by atoms with Gasteiger partial charge >= 0.3 is 0 Å². The molecule has 0 amide bonds. The molecule has 0 unspecified atom stereocenters. The quantitative estimate of drug-likeness (QED) is 0.845. The Labute approximate surface area is 97.1 Å². The highest BCUT2D eigenvalue weighted by Crippen LogP contribution is 2.17. The number of piperidine rings is 1. The molecular formula is C12H20N4. The van der Waals surface area contributed by atoms with E-state index < -0.39 is 0 Å². The molecule has 0 bridgehead atoms. The molecule has 0 atom stereocenters. The minimum Gasteiger partial charge on any atom is -0.356 e. The van der Waals surface area contributed by atoms with Gasteiger partial charge in [0.2, 0.25) is 5.95 Å². The first-order valence-corrected chi connectivity index (χ1v) is 6.22. The van der Waals surface area contributed by atoms with Gasteiger partial charge in [-0.15, -0.1) is 0 Å². The van der Waals surface area contributed by atoms with E-state index >= 15 is 0 Å². The molecule has 0 aliphatic carbocycles. The lowest BCUT2D eigenvalue weighted by Gasteiger charge is -2.27. The Balaban J connectivity index is 2.02. The number of rotatable bonds is 4. The summed E-state index contributed by atoms with van der Waals surface area (Å²) in [6.45, 7) is 5.33. The molecule has 1 fully saturated rings. The summed E-state index contributed by atoms with van der Waals surface area (Å²) >= 11 is 0. The molecule has 0 radical (unpaired) electrons. The zero-order chi connectivity index (χ0) is 11.2. The Morgan fingerprint density at radius 3 is 2.88 bits per heavy atom. The second-order valence-electron chi connectivity index (χ2n) is 4.21. The Morgan fingerprint density at radius 1 is 1.31 bits per heavy atom. The largest absolute Gasteiger partial charge is 0.356 e. The summed E-state index contributed by atoms with van der Waals surface area (Å²) in [7, 11) is 0. The van der Waals surface area contributed by atoms with Crippen LogP contribution in [0.2, 0.25) is 0 Å². The molecule has 0 saturated carbocycles. The zero-order valence-electron chi connectivity index (χ0n) is 9.95. The van der Waals surface area contributed by atoms with Crippen molar-refractivity contribution in [3.05, 3.63) is 12.3 Å². The van der Waals surface area contributed by atoms with Gasteiger partial charge in [0, 0.05) is 25.8 Å². The van der Waals surface area contributed by atoms with Crippen LogP contribution >= 0.6 is 0 Å². The highest BCUT2D eigenvalue weighted by molar-refractivity contribution is 5.42. The number of nitrogens with one attached hydrogen (secondary N) is 1. The number of hydrogen-bond donors (Lipinski definition) is 1. The fourth-order valence-electron chi connectivity index (χ4n) is 1.97. The first-order valence-electron chi connectivity index (χ1n) is 6.22. The molecule has 0 spiro atoms. The lowest BCUT2D eigenvalue weighted by atomic mass is 10.1. The summed E-state index contributed by atoms with van der Waals surface area (Å²) in [4.78, 5) is 11.1. The first kappa shape index (κ1) is 11.2. The van der Waals surface area contributed by atoms with Gasteiger partial charge in [-0.25, -0.2) is 4.98 Å². The van der Waals surface area contributed by atoms with Gasteiger partial charge in [0.05, 0.1) is 0 Å². The topological polar surface area (TPSA) is 41.1 Å². The number of aromatic nitrogens is 2. The third kappa shape index (κ3) is 2.84. The van der Waals surface area contributed by atoms with Crippen LogP contribution in [0.15, 0.2) is 12.3 Å². The van der Waals surface area contributed by atoms with E-state index in [1.165, 1.54) is 19.3 Å². The minimum absolute atomic E-state index is 0.755. The number of anilines is 2. The second kappa shape index (κ2) is 5.68. The van der Waals surface area contributed by atoms with E-state index in [0.29, 0.717) is 0 Å². The smallest absolute Gasteiger partial charge is 0.224 e. The Hall–Kier alpha value is -1.32. The summed E-state index contributed by atoms with van der Waals surface area (Å²) in [6, 6.07) is 2.00. The fraction of sp³-hybridized carbons (Fsp3) is 0.667. The normalized spacial score (nSPS) is 16.2. The average Bonchev–Trinajstić information content (AvgIpc) is 2.38. The fourth-order valence-corrected chi connectivity index (χ4v) is 1.97. The van der Waals surface area contributed by atoms with Crippen LogP contribution in [0.3, 0.4) is 0 Å². The zero-order valence-corrected chi connectivity index (χ0v) is 9.95. The third-order valence-electron chi connectivity index (χ3n) is 2.85. The molecule has 16 heavy (non-hydrogen) atoms. The van der Waals surface area contributed by atoms with E-state index in [9.17, 15) is 0 Å². The van der Waals surface area contributed by atoms with Crippen LogP contribution in [0, 0.1) is 0 Å². The van der Waals surface area contributed by atoms with Crippen molar-refractivity contribution in [3.8, 4) is 0 Å². The maximum absolute atomic E-state index is 4.54. The molecule has 1 saturated heterocycles. The molecule has 2 rings (SSSR count). The van der Waals surface area contributed by atoms with Crippen LogP contribution in [0.5, 0.6) is 0 Å². The predicted octanol–water partition coefficient (Wildman–Crippen LogP) is 2.29. The van der Waals surface area contributed by atoms with Crippen molar-refractivity contribution in [2.75, 3.05) is 29.9 Å². The second-order valence-corrected chi connectivity index (χ2v) is 4.21. The summed E-state index contributed by atoms with van der Waals surface area (Å²) in [5, 5.41) is 3.22. The van der Waals surface area contributed by atoms with Crippen molar-refractivity contribution in [1.82, 2.24) is 9.97 Å². The van der Waals surface area contributed by atoms with E-state index in [4.69, 9.17) is 0 Å².